The van der Waals surface area contributed by atoms with Gasteiger partial charge in [0, 0.05) is 17.4 Å². The van der Waals surface area contributed by atoms with Gasteiger partial charge in [0.1, 0.15) is 10.5 Å². The van der Waals surface area contributed by atoms with E-state index in [2.05, 4.69) is 9.97 Å². The summed E-state index contributed by atoms with van der Waals surface area (Å²) >= 11 is 7.74. The van der Waals surface area contributed by atoms with Gasteiger partial charge in [-0.1, -0.05) is 11.6 Å². The zero-order valence-electron chi connectivity index (χ0n) is 8.72. The first-order chi connectivity index (χ1) is 8.24. The van der Waals surface area contributed by atoms with Crippen molar-refractivity contribution in [2.24, 2.45) is 0 Å². The van der Waals surface area contributed by atoms with Crippen LogP contribution >= 0.6 is 22.9 Å². The van der Waals surface area contributed by atoms with Crippen molar-refractivity contribution >= 4 is 38.8 Å². The topological polar surface area (TPSA) is 51.8 Å². The molecule has 0 saturated heterocycles. The fraction of sp³-hybridized carbons (Fsp3) is 0. The maximum atomic E-state index is 6.15. The van der Waals surface area contributed by atoms with E-state index in [0.717, 1.165) is 20.8 Å². The van der Waals surface area contributed by atoms with Crippen molar-refractivity contribution in [3.8, 4) is 10.6 Å². The van der Waals surface area contributed by atoms with E-state index in [4.69, 9.17) is 17.3 Å². The number of pyridine rings is 1. The number of fused-ring (bicyclic) bond motifs is 1. The van der Waals surface area contributed by atoms with Gasteiger partial charge in [0.25, 0.3) is 0 Å². The Balaban J connectivity index is 2.23. The summed E-state index contributed by atoms with van der Waals surface area (Å²) in [6.07, 6.45) is 3.50. The maximum Gasteiger partial charge on any atom is 0.126 e. The molecule has 0 unspecified atom stereocenters. The summed E-state index contributed by atoms with van der Waals surface area (Å²) in [6.45, 7) is 0. The molecule has 2 aromatic heterocycles. The standard InChI is InChI=1S/C12H8ClN3S/c13-9-2-1-7(14)5-8(9)12-16-10-6-15-4-3-11(10)17-12/h1-6H,14H2. The van der Waals surface area contributed by atoms with E-state index in [-0.39, 0.29) is 0 Å². The van der Waals surface area contributed by atoms with E-state index in [0.29, 0.717) is 10.7 Å². The largest absolute Gasteiger partial charge is 0.399 e. The van der Waals surface area contributed by atoms with Crippen LogP contribution < -0.4 is 5.73 Å². The van der Waals surface area contributed by atoms with Gasteiger partial charge in [0.15, 0.2) is 0 Å². The first-order valence-corrected chi connectivity index (χ1v) is 6.19. The zero-order chi connectivity index (χ0) is 11.8. The number of halogens is 1. The van der Waals surface area contributed by atoms with E-state index in [1.165, 1.54) is 0 Å². The number of rotatable bonds is 1. The molecular formula is C12H8ClN3S. The minimum Gasteiger partial charge on any atom is -0.399 e. The van der Waals surface area contributed by atoms with Gasteiger partial charge in [-0.25, -0.2) is 4.98 Å². The molecule has 0 fully saturated rings. The van der Waals surface area contributed by atoms with Crippen LogP contribution in [0.4, 0.5) is 5.69 Å². The molecule has 0 saturated carbocycles. The normalized spacial score (nSPS) is 10.9. The van der Waals surface area contributed by atoms with Crippen molar-refractivity contribution in [3.63, 3.8) is 0 Å². The molecule has 3 aromatic rings. The summed E-state index contributed by atoms with van der Waals surface area (Å²) in [5, 5.41) is 1.52. The highest BCUT2D eigenvalue weighted by Crippen LogP contribution is 2.34. The minimum atomic E-state index is 0.659. The second-order valence-corrected chi connectivity index (χ2v) is 5.04. The van der Waals surface area contributed by atoms with Gasteiger partial charge in [0.05, 0.1) is 15.9 Å². The third kappa shape index (κ3) is 1.85. The first-order valence-electron chi connectivity index (χ1n) is 5.00. The monoisotopic (exact) mass is 261 g/mol. The molecule has 0 aliphatic rings. The number of hydrogen-bond acceptors (Lipinski definition) is 4. The van der Waals surface area contributed by atoms with Crippen LogP contribution in [0.25, 0.3) is 20.8 Å². The molecule has 0 aliphatic heterocycles. The zero-order valence-corrected chi connectivity index (χ0v) is 10.3. The molecule has 0 atom stereocenters. The summed E-state index contributed by atoms with van der Waals surface area (Å²) in [5.41, 5.74) is 8.20. The molecular weight excluding hydrogens is 254 g/mol. The lowest BCUT2D eigenvalue weighted by molar-refractivity contribution is 1.34. The molecule has 0 spiro atoms. The van der Waals surface area contributed by atoms with Crippen LogP contribution in [0.15, 0.2) is 36.7 Å². The SMILES string of the molecule is Nc1ccc(Cl)c(-c2nc3cnccc3s2)c1. The fourth-order valence-electron chi connectivity index (χ4n) is 1.60. The molecule has 0 bridgehead atoms. The fourth-order valence-corrected chi connectivity index (χ4v) is 2.83. The molecule has 0 amide bonds. The van der Waals surface area contributed by atoms with Crippen molar-refractivity contribution < 1.29 is 0 Å². The van der Waals surface area contributed by atoms with E-state index >= 15 is 0 Å². The number of nitrogens with two attached hydrogens (primary N) is 1. The summed E-state index contributed by atoms with van der Waals surface area (Å²) in [6, 6.07) is 7.35. The Hall–Kier alpha value is -1.65. The number of anilines is 1. The van der Waals surface area contributed by atoms with Crippen molar-refractivity contribution in [2.75, 3.05) is 5.73 Å². The predicted molar refractivity (Wildman–Crippen MR) is 72.3 cm³/mol. The van der Waals surface area contributed by atoms with E-state index in [9.17, 15) is 0 Å². The summed E-state index contributed by atoms with van der Waals surface area (Å²) in [5.74, 6) is 0. The third-order valence-electron chi connectivity index (χ3n) is 2.41. The van der Waals surface area contributed by atoms with Gasteiger partial charge in [-0.3, -0.25) is 4.98 Å². The number of aromatic nitrogens is 2. The molecule has 1 aromatic carbocycles. The second-order valence-electron chi connectivity index (χ2n) is 3.60. The lowest BCUT2D eigenvalue weighted by Crippen LogP contribution is -1.86. The molecule has 0 aliphatic carbocycles. The van der Waals surface area contributed by atoms with Crippen LogP contribution in [0.1, 0.15) is 0 Å². The first kappa shape index (κ1) is 10.5. The van der Waals surface area contributed by atoms with E-state index < -0.39 is 0 Å². The van der Waals surface area contributed by atoms with Gasteiger partial charge in [-0.15, -0.1) is 11.3 Å². The Morgan fingerprint density at radius 2 is 2.12 bits per heavy atom. The Bertz CT molecular complexity index is 660. The average molecular weight is 262 g/mol. The Morgan fingerprint density at radius 1 is 1.24 bits per heavy atom. The Labute approximate surface area is 107 Å². The molecule has 0 radical (unpaired) electrons. The Morgan fingerprint density at radius 3 is 2.94 bits per heavy atom. The van der Waals surface area contributed by atoms with Crippen LogP contribution in [0.5, 0.6) is 0 Å². The van der Waals surface area contributed by atoms with Crippen molar-refractivity contribution in [1.82, 2.24) is 9.97 Å². The van der Waals surface area contributed by atoms with Gasteiger partial charge in [-0.05, 0) is 24.3 Å². The molecule has 2 N–H and O–H groups in total. The average Bonchev–Trinajstić information content (AvgIpc) is 2.75. The summed E-state index contributed by atoms with van der Waals surface area (Å²) in [7, 11) is 0. The highest BCUT2D eigenvalue weighted by Gasteiger charge is 2.09. The maximum absolute atomic E-state index is 6.15. The number of thiazole rings is 1. The van der Waals surface area contributed by atoms with Crippen molar-refractivity contribution in [1.29, 1.82) is 0 Å². The smallest absolute Gasteiger partial charge is 0.126 e. The predicted octanol–water partition coefficient (Wildman–Crippen LogP) is 3.59. The number of hydrogen-bond donors (Lipinski definition) is 1. The van der Waals surface area contributed by atoms with E-state index in [1.54, 1.807) is 35.9 Å². The van der Waals surface area contributed by atoms with E-state index in [1.807, 2.05) is 12.1 Å². The summed E-state index contributed by atoms with van der Waals surface area (Å²) in [4.78, 5) is 8.55. The number of benzene rings is 1. The number of nitrogen functional groups attached to an aromatic ring is 1. The number of nitrogens with zero attached hydrogens (tertiary/aromatic N) is 2. The van der Waals surface area contributed by atoms with Crippen LogP contribution in [0.2, 0.25) is 5.02 Å². The molecule has 84 valence electrons. The highest BCUT2D eigenvalue weighted by atomic mass is 35.5. The van der Waals surface area contributed by atoms with Crippen molar-refractivity contribution in [3.05, 3.63) is 41.7 Å². The van der Waals surface area contributed by atoms with Crippen LogP contribution in [0, 0.1) is 0 Å². The van der Waals surface area contributed by atoms with Crippen molar-refractivity contribution in [2.45, 2.75) is 0 Å². The molecule has 2 heterocycles. The lowest BCUT2D eigenvalue weighted by Gasteiger charge is -2.00. The quantitative estimate of drug-likeness (QED) is 0.681. The molecule has 5 heteroatoms. The lowest BCUT2D eigenvalue weighted by atomic mass is 10.2. The van der Waals surface area contributed by atoms with Crippen LogP contribution in [-0.2, 0) is 0 Å². The second kappa shape index (κ2) is 3.98. The van der Waals surface area contributed by atoms with Gasteiger partial charge in [-0.2, -0.15) is 0 Å². The van der Waals surface area contributed by atoms with Gasteiger partial charge >= 0.3 is 0 Å². The van der Waals surface area contributed by atoms with Crippen LogP contribution in [0.3, 0.4) is 0 Å². The Kier molecular flexibility index (Phi) is 2.46. The highest BCUT2D eigenvalue weighted by molar-refractivity contribution is 7.21. The van der Waals surface area contributed by atoms with Gasteiger partial charge < -0.3 is 5.73 Å². The van der Waals surface area contributed by atoms with Gasteiger partial charge in [0.2, 0.25) is 0 Å². The molecule has 3 rings (SSSR count). The summed E-state index contributed by atoms with van der Waals surface area (Å²) < 4.78 is 1.09. The van der Waals surface area contributed by atoms with Crippen LogP contribution in [-0.4, -0.2) is 9.97 Å². The molecule has 17 heavy (non-hydrogen) atoms. The third-order valence-corrected chi connectivity index (χ3v) is 3.81. The minimum absolute atomic E-state index is 0.659. The molecule has 3 nitrogen and oxygen atoms in total.